The molecule has 1 rings (SSSR count). The summed E-state index contributed by atoms with van der Waals surface area (Å²) in [6.07, 6.45) is 14.6. The Morgan fingerprint density at radius 2 is 2.14 bits per heavy atom. The van der Waals surface area contributed by atoms with E-state index in [-0.39, 0.29) is 5.83 Å². The summed E-state index contributed by atoms with van der Waals surface area (Å²) in [5.74, 6) is -0.186. The molecule has 0 amide bonds. The Balaban J connectivity index is 3.07. The Kier molecular flexibility index (Phi) is 10.7. The summed E-state index contributed by atoms with van der Waals surface area (Å²) in [6, 6.07) is 0. The van der Waals surface area contributed by atoms with Crippen LogP contribution >= 0.6 is 0 Å². The quantitative estimate of drug-likeness (QED) is 0.325. The second kappa shape index (κ2) is 12.8. The van der Waals surface area contributed by atoms with E-state index in [2.05, 4.69) is 22.1 Å². The van der Waals surface area contributed by atoms with Gasteiger partial charge in [0.15, 0.2) is 0 Å². The van der Waals surface area contributed by atoms with Crippen molar-refractivity contribution in [1.29, 1.82) is 0 Å². The molecule has 0 atom stereocenters. The zero-order valence-electron chi connectivity index (χ0n) is 17.8. The van der Waals surface area contributed by atoms with Crippen LogP contribution in [0.3, 0.4) is 0 Å². The third kappa shape index (κ3) is 8.01. The standard InChI is InChI=1S/C23H33FN4/c1-7-20(13-25-5)21(14-26-6)17-28(16-18(2)3)27-15-22-19(4)11-9-8-10-12-23(22)24/h7-8,10,12-14,16,27H,6,9,11,15,17H2,1-5H3/b10-8+,20-7+,21-14+,22-19+,23-12+,25-13-. The van der Waals surface area contributed by atoms with Crippen molar-refractivity contribution in [2.45, 2.75) is 40.5 Å². The van der Waals surface area contributed by atoms with Crippen molar-refractivity contribution < 1.29 is 4.39 Å². The summed E-state index contributed by atoms with van der Waals surface area (Å²) in [6.45, 7) is 12.6. The van der Waals surface area contributed by atoms with Crippen LogP contribution in [0, 0.1) is 0 Å². The second-order valence-electron chi connectivity index (χ2n) is 6.88. The lowest BCUT2D eigenvalue weighted by Crippen LogP contribution is -2.37. The molecule has 0 fully saturated rings. The summed E-state index contributed by atoms with van der Waals surface area (Å²) in [5.41, 5.74) is 8.21. The molecular weight excluding hydrogens is 351 g/mol. The van der Waals surface area contributed by atoms with E-state index >= 15 is 0 Å². The number of allylic oxidation sites excluding steroid dienone is 6. The summed E-state index contributed by atoms with van der Waals surface area (Å²) in [7, 11) is 1.74. The Labute approximate surface area is 169 Å². The van der Waals surface area contributed by atoms with Gasteiger partial charge in [0.05, 0.1) is 6.54 Å². The summed E-state index contributed by atoms with van der Waals surface area (Å²) < 4.78 is 14.5. The molecule has 0 bridgehead atoms. The number of hydrogen-bond acceptors (Lipinski definition) is 4. The number of aliphatic imine (C=N–C) groups is 2. The highest BCUT2D eigenvalue weighted by atomic mass is 19.1. The molecule has 152 valence electrons. The van der Waals surface area contributed by atoms with Crippen molar-refractivity contribution in [3.63, 3.8) is 0 Å². The van der Waals surface area contributed by atoms with E-state index in [1.54, 1.807) is 25.5 Å². The SMILES string of the molecule is C=N/C=C(CN(C=C(C)C)NCC1=C(/C)CC/C=C/C=C\1F)/C(/C=N\C)=C/C. The normalized spacial score (nSPS) is 21.6. The zero-order chi connectivity index (χ0) is 20.9. The van der Waals surface area contributed by atoms with Crippen LogP contribution < -0.4 is 5.43 Å². The maximum Gasteiger partial charge on any atom is 0.127 e. The topological polar surface area (TPSA) is 40.0 Å². The van der Waals surface area contributed by atoms with Gasteiger partial charge in [0.1, 0.15) is 5.83 Å². The zero-order valence-corrected chi connectivity index (χ0v) is 17.8. The highest BCUT2D eigenvalue weighted by molar-refractivity contribution is 5.84. The van der Waals surface area contributed by atoms with Crippen molar-refractivity contribution in [1.82, 2.24) is 10.4 Å². The first-order valence-electron chi connectivity index (χ1n) is 9.53. The van der Waals surface area contributed by atoms with E-state index in [4.69, 9.17) is 0 Å². The number of rotatable bonds is 9. The lowest BCUT2D eigenvalue weighted by Gasteiger charge is -2.25. The van der Waals surface area contributed by atoms with Crippen molar-refractivity contribution in [2.75, 3.05) is 20.1 Å². The first-order chi connectivity index (χ1) is 13.4. The lowest BCUT2D eigenvalue weighted by atomic mass is 10.0. The van der Waals surface area contributed by atoms with Gasteiger partial charge in [0, 0.05) is 37.8 Å². The van der Waals surface area contributed by atoms with E-state index in [1.807, 2.05) is 51.1 Å². The van der Waals surface area contributed by atoms with E-state index in [9.17, 15) is 4.39 Å². The minimum Gasteiger partial charge on any atom is -0.311 e. The first-order valence-corrected chi connectivity index (χ1v) is 9.53. The smallest absolute Gasteiger partial charge is 0.127 e. The third-order valence-electron chi connectivity index (χ3n) is 4.28. The maximum absolute atomic E-state index is 14.5. The van der Waals surface area contributed by atoms with Crippen LogP contribution in [0.25, 0.3) is 0 Å². The van der Waals surface area contributed by atoms with Crippen LogP contribution in [0.4, 0.5) is 4.39 Å². The lowest BCUT2D eigenvalue weighted by molar-refractivity contribution is 0.301. The minimum atomic E-state index is -0.186. The molecule has 1 N–H and O–H groups in total. The number of halogens is 1. The van der Waals surface area contributed by atoms with Crippen LogP contribution in [-0.4, -0.2) is 38.1 Å². The van der Waals surface area contributed by atoms with Gasteiger partial charge >= 0.3 is 0 Å². The third-order valence-corrected chi connectivity index (χ3v) is 4.28. The Hall–Kier alpha value is -2.53. The minimum absolute atomic E-state index is 0.186. The molecule has 0 aromatic rings. The van der Waals surface area contributed by atoms with Gasteiger partial charge < -0.3 is 5.01 Å². The highest BCUT2D eigenvalue weighted by Gasteiger charge is 2.13. The Bertz CT molecular complexity index is 745. The van der Waals surface area contributed by atoms with Crippen molar-refractivity contribution in [3.8, 4) is 0 Å². The Morgan fingerprint density at radius 1 is 1.39 bits per heavy atom. The van der Waals surface area contributed by atoms with E-state index in [1.165, 1.54) is 6.08 Å². The molecule has 0 spiro atoms. The summed E-state index contributed by atoms with van der Waals surface area (Å²) >= 11 is 0. The van der Waals surface area contributed by atoms with Crippen molar-refractivity contribution in [2.24, 2.45) is 9.98 Å². The monoisotopic (exact) mass is 384 g/mol. The fraction of sp³-hybridized carbons (Fsp3) is 0.391. The summed E-state index contributed by atoms with van der Waals surface area (Å²) in [5, 5.41) is 1.96. The van der Waals surface area contributed by atoms with Crippen LogP contribution in [0.1, 0.15) is 40.5 Å². The summed E-state index contributed by atoms with van der Waals surface area (Å²) in [4.78, 5) is 8.06. The first kappa shape index (κ1) is 23.5. The predicted octanol–water partition coefficient (Wildman–Crippen LogP) is 5.47. The van der Waals surface area contributed by atoms with E-state index < -0.39 is 0 Å². The molecule has 0 heterocycles. The van der Waals surface area contributed by atoms with Crippen LogP contribution in [0.2, 0.25) is 0 Å². The van der Waals surface area contributed by atoms with Gasteiger partial charge in [-0.2, -0.15) is 0 Å². The van der Waals surface area contributed by atoms with Crippen molar-refractivity contribution in [3.05, 3.63) is 70.4 Å². The predicted molar refractivity (Wildman–Crippen MR) is 120 cm³/mol. The van der Waals surface area contributed by atoms with Crippen LogP contribution in [-0.2, 0) is 0 Å². The molecule has 28 heavy (non-hydrogen) atoms. The molecule has 0 aliphatic heterocycles. The molecule has 5 heteroatoms. The van der Waals surface area contributed by atoms with E-state index in [0.717, 1.165) is 35.1 Å². The van der Waals surface area contributed by atoms with Gasteiger partial charge in [-0.05, 0) is 64.5 Å². The molecule has 1 aliphatic carbocycles. The fourth-order valence-corrected chi connectivity index (χ4v) is 2.86. The number of hydrogen-bond donors (Lipinski definition) is 1. The maximum atomic E-state index is 14.5. The number of nitrogens with zero attached hydrogens (tertiary/aromatic N) is 3. The molecule has 0 saturated carbocycles. The molecule has 1 aliphatic rings. The van der Waals surface area contributed by atoms with Gasteiger partial charge in [-0.25, -0.2) is 9.82 Å². The van der Waals surface area contributed by atoms with Gasteiger partial charge in [-0.3, -0.25) is 9.98 Å². The molecule has 0 unspecified atom stereocenters. The van der Waals surface area contributed by atoms with Gasteiger partial charge in [0.25, 0.3) is 0 Å². The van der Waals surface area contributed by atoms with Crippen LogP contribution in [0.5, 0.6) is 0 Å². The average Bonchev–Trinajstić information content (AvgIpc) is 2.63. The molecule has 0 radical (unpaired) electrons. The fourth-order valence-electron chi connectivity index (χ4n) is 2.86. The second-order valence-corrected chi connectivity index (χ2v) is 6.88. The highest BCUT2D eigenvalue weighted by Crippen LogP contribution is 2.22. The van der Waals surface area contributed by atoms with Gasteiger partial charge in [-0.15, -0.1) is 0 Å². The van der Waals surface area contributed by atoms with E-state index in [0.29, 0.717) is 18.7 Å². The molecule has 0 aromatic carbocycles. The average molecular weight is 385 g/mol. The van der Waals surface area contributed by atoms with Crippen LogP contribution in [0.15, 0.2) is 80.4 Å². The Morgan fingerprint density at radius 3 is 2.75 bits per heavy atom. The van der Waals surface area contributed by atoms with Gasteiger partial charge in [0.2, 0.25) is 0 Å². The number of hydrazine groups is 1. The molecule has 0 aromatic heterocycles. The largest absolute Gasteiger partial charge is 0.311 e. The van der Waals surface area contributed by atoms with Gasteiger partial charge in [-0.1, -0.05) is 29.4 Å². The van der Waals surface area contributed by atoms with Crippen molar-refractivity contribution >= 4 is 12.9 Å². The number of nitrogens with one attached hydrogen (secondary N) is 1. The molecule has 0 saturated heterocycles. The molecule has 4 nitrogen and oxygen atoms in total. The molecular formula is C23H33FN4.